The van der Waals surface area contributed by atoms with Gasteiger partial charge in [-0.3, -0.25) is 0 Å². The Balaban J connectivity index is 3.60. The van der Waals surface area contributed by atoms with Gasteiger partial charge >= 0.3 is 0 Å². The Labute approximate surface area is 88.0 Å². The third-order valence-corrected chi connectivity index (χ3v) is 2.62. The molecule has 0 aromatic heterocycles. The van der Waals surface area contributed by atoms with E-state index >= 15 is 0 Å². The summed E-state index contributed by atoms with van der Waals surface area (Å²) < 4.78 is 1.20. The molecule has 0 aromatic rings. The van der Waals surface area contributed by atoms with Crippen molar-refractivity contribution < 1.29 is 4.79 Å². The maximum absolute atomic E-state index is 9.89. The average molecular weight is 281 g/mol. The van der Waals surface area contributed by atoms with Crippen molar-refractivity contribution in [1.82, 2.24) is 0 Å². The first-order valence-corrected chi connectivity index (χ1v) is 5.97. The molecule has 0 spiro atoms. The number of carbonyl (C=O) groups excluding carboxylic acids is 1. The van der Waals surface area contributed by atoms with Crippen LogP contribution in [-0.4, -0.2) is 17.1 Å². The lowest BCUT2D eigenvalue weighted by atomic mass is 9.99. The minimum atomic E-state index is 0.603. The van der Waals surface area contributed by atoms with Crippen LogP contribution in [0.15, 0.2) is 4.99 Å². The number of halogens is 1. The summed E-state index contributed by atoms with van der Waals surface area (Å²) in [6, 6.07) is 0. The molecule has 0 radical (unpaired) electrons. The largest absolute Gasteiger partial charge is 0.234 e. The average Bonchev–Trinajstić information content (AvgIpc) is 2.10. The zero-order chi connectivity index (χ0) is 9.23. The molecular weight excluding hydrogens is 265 g/mol. The second-order valence-electron chi connectivity index (χ2n) is 2.92. The van der Waals surface area contributed by atoms with E-state index in [-0.39, 0.29) is 0 Å². The van der Waals surface area contributed by atoms with Crippen molar-refractivity contribution >= 4 is 28.7 Å². The summed E-state index contributed by atoms with van der Waals surface area (Å²) in [6.07, 6.45) is 6.40. The number of aliphatic imine (C=N–C) groups is 1. The Morgan fingerprint density at radius 2 is 2.25 bits per heavy atom. The van der Waals surface area contributed by atoms with Crippen LogP contribution in [-0.2, 0) is 4.79 Å². The van der Waals surface area contributed by atoms with Gasteiger partial charge in [0, 0.05) is 0 Å². The molecule has 0 saturated heterocycles. The molecule has 70 valence electrons. The van der Waals surface area contributed by atoms with Crippen LogP contribution in [0.25, 0.3) is 0 Å². The van der Waals surface area contributed by atoms with Crippen molar-refractivity contribution in [3.63, 3.8) is 0 Å². The monoisotopic (exact) mass is 281 g/mol. The molecular formula is C9H16INO. The van der Waals surface area contributed by atoms with Gasteiger partial charge in [0.1, 0.15) is 0 Å². The second kappa shape index (κ2) is 9.20. The number of nitrogens with zero attached hydrogens (tertiary/aromatic N) is 1. The molecule has 0 aliphatic heterocycles. The zero-order valence-electron chi connectivity index (χ0n) is 7.55. The maximum atomic E-state index is 9.89. The number of hydrogen-bond acceptors (Lipinski definition) is 2. The molecule has 0 amide bonds. The van der Waals surface area contributed by atoms with Crippen molar-refractivity contribution in [2.45, 2.75) is 32.6 Å². The smallest absolute Gasteiger partial charge is 0.211 e. The number of alkyl halides is 1. The topological polar surface area (TPSA) is 29.4 Å². The standard InChI is InChI=1S/C9H16INO/c1-2-4-9(5-3-6-10)7-11-8-12/h9H,2-7H2,1H3. The SMILES string of the molecule is CCCC(CCCI)CN=C=O. The Hall–Kier alpha value is 0.110. The summed E-state index contributed by atoms with van der Waals surface area (Å²) >= 11 is 2.38. The van der Waals surface area contributed by atoms with E-state index in [0.717, 1.165) is 0 Å². The molecule has 0 fully saturated rings. The highest BCUT2D eigenvalue weighted by molar-refractivity contribution is 14.1. The van der Waals surface area contributed by atoms with Crippen LogP contribution >= 0.6 is 22.6 Å². The highest BCUT2D eigenvalue weighted by Gasteiger charge is 2.05. The van der Waals surface area contributed by atoms with Gasteiger partial charge < -0.3 is 0 Å². The number of rotatable bonds is 7. The van der Waals surface area contributed by atoms with Gasteiger partial charge in [-0.15, -0.1) is 0 Å². The first-order chi connectivity index (χ1) is 5.85. The minimum absolute atomic E-state index is 0.603. The molecule has 0 aliphatic carbocycles. The van der Waals surface area contributed by atoms with E-state index in [1.165, 1.54) is 30.1 Å². The van der Waals surface area contributed by atoms with E-state index in [9.17, 15) is 4.79 Å². The first-order valence-electron chi connectivity index (χ1n) is 4.44. The van der Waals surface area contributed by atoms with Crippen molar-refractivity contribution in [3.8, 4) is 0 Å². The number of hydrogen-bond donors (Lipinski definition) is 0. The molecule has 1 atom stereocenters. The summed E-state index contributed by atoms with van der Waals surface area (Å²) in [5.74, 6) is 0.603. The van der Waals surface area contributed by atoms with Crippen LogP contribution in [0, 0.1) is 5.92 Å². The van der Waals surface area contributed by atoms with Crippen LogP contribution in [0.5, 0.6) is 0 Å². The molecule has 2 nitrogen and oxygen atoms in total. The number of isocyanates is 1. The fraction of sp³-hybridized carbons (Fsp3) is 0.889. The summed E-state index contributed by atoms with van der Waals surface area (Å²) in [5, 5.41) is 0. The molecule has 12 heavy (non-hydrogen) atoms. The maximum Gasteiger partial charge on any atom is 0.234 e. The van der Waals surface area contributed by atoms with E-state index in [2.05, 4.69) is 34.5 Å². The summed E-state index contributed by atoms with van der Waals surface area (Å²) in [5.41, 5.74) is 0. The van der Waals surface area contributed by atoms with Gasteiger partial charge in [0.15, 0.2) is 0 Å². The van der Waals surface area contributed by atoms with E-state index in [1.807, 2.05) is 0 Å². The lowest BCUT2D eigenvalue weighted by Crippen LogP contribution is -2.04. The van der Waals surface area contributed by atoms with Crippen LogP contribution in [0.4, 0.5) is 0 Å². The van der Waals surface area contributed by atoms with Crippen molar-refractivity contribution in [1.29, 1.82) is 0 Å². The van der Waals surface area contributed by atoms with Crippen LogP contribution in [0.2, 0.25) is 0 Å². The van der Waals surface area contributed by atoms with Crippen molar-refractivity contribution in [2.24, 2.45) is 10.9 Å². The Bertz CT molecular complexity index is 143. The highest BCUT2D eigenvalue weighted by Crippen LogP contribution is 2.14. The van der Waals surface area contributed by atoms with Gasteiger partial charge in [-0.05, 0) is 29.6 Å². The molecule has 0 aliphatic rings. The van der Waals surface area contributed by atoms with Crippen molar-refractivity contribution in [2.75, 3.05) is 11.0 Å². The fourth-order valence-corrected chi connectivity index (χ4v) is 1.71. The highest BCUT2D eigenvalue weighted by atomic mass is 127. The fourth-order valence-electron chi connectivity index (χ4n) is 1.27. The molecule has 0 bridgehead atoms. The first kappa shape index (κ1) is 12.1. The predicted molar refractivity (Wildman–Crippen MR) is 59.5 cm³/mol. The van der Waals surface area contributed by atoms with Gasteiger partial charge in [0.2, 0.25) is 6.08 Å². The summed E-state index contributed by atoms with van der Waals surface area (Å²) in [4.78, 5) is 13.5. The van der Waals surface area contributed by atoms with Gasteiger partial charge in [0.25, 0.3) is 0 Å². The van der Waals surface area contributed by atoms with Crippen LogP contribution < -0.4 is 0 Å². The van der Waals surface area contributed by atoms with Crippen LogP contribution in [0.3, 0.4) is 0 Å². The molecule has 3 heteroatoms. The Kier molecular flexibility index (Phi) is 9.28. The lowest BCUT2D eigenvalue weighted by Gasteiger charge is -2.10. The lowest BCUT2D eigenvalue weighted by molar-refractivity contribution is 0.452. The normalized spacial score (nSPS) is 12.2. The van der Waals surface area contributed by atoms with Crippen LogP contribution in [0.1, 0.15) is 32.6 Å². The summed E-state index contributed by atoms with van der Waals surface area (Å²) in [7, 11) is 0. The Morgan fingerprint density at radius 1 is 1.50 bits per heavy atom. The minimum Gasteiger partial charge on any atom is -0.211 e. The van der Waals surface area contributed by atoms with Gasteiger partial charge in [0.05, 0.1) is 6.54 Å². The van der Waals surface area contributed by atoms with Gasteiger partial charge in [-0.1, -0.05) is 35.9 Å². The van der Waals surface area contributed by atoms with E-state index < -0.39 is 0 Å². The molecule has 0 aromatic carbocycles. The predicted octanol–water partition coefficient (Wildman–Crippen LogP) is 2.95. The van der Waals surface area contributed by atoms with E-state index in [1.54, 1.807) is 6.08 Å². The molecule has 0 N–H and O–H groups in total. The van der Waals surface area contributed by atoms with Gasteiger partial charge in [-0.2, -0.15) is 0 Å². The Morgan fingerprint density at radius 3 is 2.75 bits per heavy atom. The molecule has 0 heterocycles. The molecule has 1 unspecified atom stereocenters. The van der Waals surface area contributed by atoms with Gasteiger partial charge in [-0.25, -0.2) is 9.79 Å². The second-order valence-corrected chi connectivity index (χ2v) is 4.00. The zero-order valence-corrected chi connectivity index (χ0v) is 9.71. The van der Waals surface area contributed by atoms with Crippen molar-refractivity contribution in [3.05, 3.63) is 0 Å². The quantitative estimate of drug-likeness (QED) is 0.305. The molecule has 0 rings (SSSR count). The van der Waals surface area contributed by atoms with E-state index in [0.29, 0.717) is 12.5 Å². The van der Waals surface area contributed by atoms with E-state index in [4.69, 9.17) is 0 Å². The third kappa shape index (κ3) is 6.80. The summed E-state index contributed by atoms with van der Waals surface area (Å²) in [6.45, 7) is 2.84. The molecule has 0 saturated carbocycles. The third-order valence-electron chi connectivity index (χ3n) is 1.86.